The SMILES string of the molecule is CCN(CC)C(=O)c1ccc(NC(=O)CC(NC(C)=O)c2ccc(C)cc2)cc1. The van der Waals surface area contributed by atoms with Gasteiger partial charge in [-0.15, -0.1) is 0 Å². The van der Waals surface area contributed by atoms with Crippen molar-refractivity contribution in [2.24, 2.45) is 0 Å². The first-order valence-electron chi connectivity index (χ1n) is 9.86. The molecule has 0 spiro atoms. The second-order valence-corrected chi connectivity index (χ2v) is 6.97. The Hall–Kier alpha value is -3.15. The lowest BCUT2D eigenvalue weighted by Crippen LogP contribution is -2.30. The quantitative estimate of drug-likeness (QED) is 0.716. The number of nitrogens with zero attached hydrogens (tertiary/aromatic N) is 1. The number of rotatable bonds is 8. The molecule has 6 heteroatoms. The van der Waals surface area contributed by atoms with Crippen molar-refractivity contribution in [3.05, 3.63) is 65.2 Å². The first-order chi connectivity index (χ1) is 13.8. The molecule has 0 fully saturated rings. The maximum atomic E-state index is 12.5. The summed E-state index contributed by atoms with van der Waals surface area (Å²) in [5, 5.41) is 5.67. The van der Waals surface area contributed by atoms with Crippen molar-refractivity contribution in [3.63, 3.8) is 0 Å². The zero-order chi connectivity index (χ0) is 21.4. The number of amides is 3. The Morgan fingerprint density at radius 3 is 2.03 bits per heavy atom. The van der Waals surface area contributed by atoms with Crippen LogP contribution in [0, 0.1) is 6.92 Å². The monoisotopic (exact) mass is 395 g/mol. The molecule has 0 aromatic heterocycles. The molecular formula is C23H29N3O3. The molecule has 6 nitrogen and oxygen atoms in total. The van der Waals surface area contributed by atoms with Crippen molar-refractivity contribution in [1.82, 2.24) is 10.2 Å². The molecule has 3 amide bonds. The van der Waals surface area contributed by atoms with Crippen molar-refractivity contribution in [1.29, 1.82) is 0 Å². The Labute approximate surface area is 172 Å². The lowest BCUT2D eigenvalue weighted by Gasteiger charge is -2.19. The Morgan fingerprint density at radius 2 is 1.52 bits per heavy atom. The van der Waals surface area contributed by atoms with E-state index in [-0.39, 0.29) is 24.1 Å². The summed E-state index contributed by atoms with van der Waals surface area (Å²) in [6.07, 6.45) is 0.114. The van der Waals surface area contributed by atoms with E-state index in [0.29, 0.717) is 24.3 Å². The topological polar surface area (TPSA) is 78.5 Å². The van der Waals surface area contributed by atoms with Gasteiger partial charge in [-0.25, -0.2) is 0 Å². The largest absolute Gasteiger partial charge is 0.349 e. The van der Waals surface area contributed by atoms with Crippen molar-refractivity contribution >= 4 is 23.4 Å². The molecule has 0 saturated carbocycles. The van der Waals surface area contributed by atoms with Crippen LogP contribution in [0.5, 0.6) is 0 Å². The van der Waals surface area contributed by atoms with Crippen molar-refractivity contribution in [2.75, 3.05) is 18.4 Å². The van der Waals surface area contributed by atoms with Gasteiger partial charge in [0, 0.05) is 31.3 Å². The van der Waals surface area contributed by atoms with Crippen LogP contribution < -0.4 is 10.6 Å². The minimum Gasteiger partial charge on any atom is -0.349 e. The van der Waals surface area contributed by atoms with Crippen molar-refractivity contribution in [3.8, 4) is 0 Å². The van der Waals surface area contributed by atoms with Crippen LogP contribution in [0.25, 0.3) is 0 Å². The summed E-state index contributed by atoms with van der Waals surface area (Å²) >= 11 is 0. The van der Waals surface area contributed by atoms with E-state index in [1.54, 1.807) is 29.2 Å². The van der Waals surface area contributed by atoms with Gasteiger partial charge in [0.1, 0.15) is 0 Å². The molecule has 29 heavy (non-hydrogen) atoms. The molecule has 0 radical (unpaired) electrons. The van der Waals surface area contributed by atoms with E-state index in [9.17, 15) is 14.4 Å². The second-order valence-electron chi connectivity index (χ2n) is 6.97. The highest BCUT2D eigenvalue weighted by atomic mass is 16.2. The fourth-order valence-corrected chi connectivity index (χ4v) is 3.08. The molecule has 2 aromatic carbocycles. The summed E-state index contributed by atoms with van der Waals surface area (Å²) in [4.78, 5) is 38.2. The van der Waals surface area contributed by atoms with Gasteiger partial charge in [-0.3, -0.25) is 14.4 Å². The van der Waals surface area contributed by atoms with Crippen LogP contribution >= 0.6 is 0 Å². The highest BCUT2D eigenvalue weighted by Crippen LogP contribution is 2.19. The predicted molar refractivity (Wildman–Crippen MR) is 115 cm³/mol. The van der Waals surface area contributed by atoms with Gasteiger partial charge in [0.15, 0.2) is 0 Å². The average molecular weight is 396 g/mol. The standard InChI is InChI=1S/C23H29N3O3/c1-5-26(6-2)23(29)19-11-13-20(14-12-19)25-22(28)15-21(24-17(4)27)18-9-7-16(3)8-10-18/h7-14,21H,5-6,15H2,1-4H3,(H,24,27)(H,25,28). The van der Waals surface area contributed by atoms with Gasteiger partial charge in [0.25, 0.3) is 5.91 Å². The summed E-state index contributed by atoms with van der Waals surface area (Å²) in [5.74, 6) is -0.437. The summed E-state index contributed by atoms with van der Waals surface area (Å²) < 4.78 is 0. The van der Waals surface area contributed by atoms with Crippen LogP contribution in [0.3, 0.4) is 0 Å². The molecule has 0 saturated heterocycles. The van der Waals surface area contributed by atoms with Crippen LogP contribution in [-0.2, 0) is 9.59 Å². The molecule has 2 aromatic rings. The Bertz CT molecular complexity index is 841. The number of anilines is 1. The molecule has 2 N–H and O–H groups in total. The molecule has 1 unspecified atom stereocenters. The molecule has 0 bridgehead atoms. The zero-order valence-corrected chi connectivity index (χ0v) is 17.5. The van der Waals surface area contributed by atoms with Crippen LogP contribution in [0.2, 0.25) is 0 Å². The number of hydrogen-bond acceptors (Lipinski definition) is 3. The highest BCUT2D eigenvalue weighted by Gasteiger charge is 2.18. The molecule has 0 heterocycles. The van der Waals surface area contributed by atoms with Gasteiger partial charge in [-0.2, -0.15) is 0 Å². The average Bonchev–Trinajstić information content (AvgIpc) is 2.69. The normalized spacial score (nSPS) is 11.4. The number of aryl methyl sites for hydroxylation is 1. The third-order valence-corrected chi connectivity index (χ3v) is 4.71. The Balaban J connectivity index is 2.05. The number of benzene rings is 2. The number of carbonyl (C=O) groups is 3. The number of nitrogens with one attached hydrogen (secondary N) is 2. The van der Waals surface area contributed by atoms with E-state index in [2.05, 4.69) is 10.6 Å². The van der Waals surface area contributed by atoms with Crippen LogP contribution in [0.4, 0.5) is 5.69 Å². The van der Waals surface area contributed by atoms with E-state index < -0.39 is 6.04 Å². The van der Waals surface area contributed by atoms with Gasteiger partial charge in [0.2, 0.25) is 11.8 Å². The summed E-state index contributed by atoms with van der Waals surface area (Å²) in [7, 11) is 0. The maximum absolute atomic E-state index is 12.5. The molecule has 2 rings (SSSR count). The van der Waals surface area contributed by atoms with Gasteiger partial charge in [-0.05, 0) is 50.6 Å². The van der Waals surface area contributed by atoms with Gasteiger partial charge in [0.05, 0.1) is 12.5 Å². The fourth-order valence-electron chi connectivity index (χ4n) is 3.08. The number of carbonyl (C=O) groups excluding carboxylic acids is 3. The van der Waals surface area contributed by atoms with E-state index in [1.807, 2.05) is 45.0 Å². The summed E-state index contributed by atoms with van der Waals surface area (Å²) in [5.41, 5.74) is 3.18. The molecule has 154 valence electrons. The molecule has 0 aliphatic rings. The molecule has 0 aliphatic heterocycles. The predicted octanol–water partition coefficient (Wildman–Crippen LogP) is 3.68. The van der Waals surface area contributed by atoms with Gasteiger partial charge < -0.3 is 15.5 Å². The number of hydrogen-bond donors (Lipinski definition) is 2. The van der Waals surface area contributed by atoms with E-state index in [1.165, 1.54) is 6.92 Å². The van der Waals surface area contributed by atoms with E-state index in [4.69, 9.17) is 0 Å². The minimum absolute atomic E-state index is 0.0297. The summed E-state index contributed by atoms with van der Waals surface area (Å²) in [6.45, 7) is 8.60. The van der Waals surface area contributed by atoms with Crippen molar-refractivity contribution < 1.29 is 14.4 Å². The van der Waals surface area contributed by atoms with Crippen LogP contribution in [0.15, 0.2) is 48.5 Å². The first kappa shape index (κ1) is 22.1. The van der Waals surface area contributed by atoms with E-state index >= 15 is 0 Å². The van der Waals surface area contributed by atoms with E-state index in [0.717, 1.165) is 11.1 Å². The first-order valence-corrected chi connectivity index (χ1v) is 9.86. The Morgan fingerprint density at radius 1 is 0.931 bits per heavy atom. The van der Waals surface area contributed by atoms with Crippen molar-refractivity contribution in [2.45, 2.75) is 40.2 Å². The lowest BCUT2D eigenvalue weighted by atomic mass is 10.0. The summed E-state index contributed by atoms with van der Waals surface area (Å²) in [6, 6.07) is 14.2. The molecule has 0 aliphatic carbocycles. The fraction of sp³-hybridized carbons (Fsp3) is 0.348. The van der Waals surface area contributed by atoms with Crippen LogP contribution in [-0.4, -0.2) is 35.7 Å². The van der Waals surface area contributed by atoms with Crippen LogP contribution in [0.1, 0.15) is 54.7 Å². The Kier molecular flexibility index (Phi) is 7.95. The third-order valence-electron chi connectivity index (χ3n) is 4.71. The van der Waals surface area contributed by atoms with Gasteiger partial charge >= 0.3 is 0 Å². The smallest absolute Gasteiger partial charge is 0.253 e. The molecule has 1 atom stereocenters. The third kappa shape index (κ3) is 6.45. The molecular weight excluding hydrogens is 366 g/mol. The lowest BCUT2D eigenvalue weighted by molar-refractivity contribution is -0.120. The second kappa shape index (κ2) is 10.4. The van der Waals surface area contributed by atoms with Gasteiger partial charge in [-0.1, -0.05) is 29.8 Å². The minimum atomic E-state index is -0.406. The maximum Gasteiger partial charge on any atom is 0.253 e. The zero-order valence-electron chi connectivity index (χ0n) is 17.5. The highest BCUT2D eigenvalue weighted by molar-refractivity contribution is 5.96.